The van der Waals surface area contributed by atoms with E-state index in [2.05, 4.69) is 35.9 Å². The molecule has 2 N–H and O–H groups in total. The molecular formula is C12H17N3S. The fourth-order valence-corrected chi connectivity index (χ4v) is 2.83. The second kappa shape index (κ2) is 4.29. The standard InChI is InChI=1S/C12H17N3S/c1-4-15(5-2)10-7-6-9-12(11(10)13)16-8(3)14-9/h6-7H,4-5,13H2,1-3H3. The van der Waals surface area contributed by atoms with Crippen molar-refractivity contribution in [3.8, 4) is 0 Å². The minimum atomic E-state index is 0.867. The van der Waals surface area contributed by atoms with E-state index in [1.165, 1.54) is 0 Å². The predicted octanol–water partition coefficient (Wildman–Crippen LogP) is 3.03. The number of fused-ring (bicyclic) bond motifs is 1. The molecule has 0 saturated carbocycles. The first kappa shape index (κ1) is 11.2. The molecule has 1 heterocycles. The second-order valence-electron chi connectivity index (χ2n) is 3.75. The number of hydrogen-bond acceptors (Lipinski definition) is 4. The van der Waals surface area contributed by atoms with Crippen molar-refractivity contribution in [3.63, 3.8) is 0 Å². The Labute approximate surface area is 99.9 Å². The molecule has 0 saturated heterocycles. The third-order valence-electron chi connectivity index (χ3n) is 2.78. The number of aromatic nitrogens is 1. The van der Waals surface area contributed by atoms with Crippen molar-refractivity contribution >= 4 is 32.9 Å². The zero-order valence-corrected chi connectivity index (χ0v) is 10.8. The van der Waals surface area contributed by atoms with Gasteiger partial charge in [-0.05, 0) is 32.9 Å². The van der Waals surface area contributed by atoms with Crippen molar-refractivity contribution in [2.24, 2.45) is 0 Å². The molecule has 0 atom stereocenters. The van der Waals surface area contributed by atoms with E-state index >= 15 is 0 Å². The molecule has 4 heteroatoms. The highest BCUT2D eigenvalue weighted by Crippen LogP contribution is 2.34. The van der Waals surface area contributed by atoms with Crippen LogP contribution in [0.15, 0.2) is 12.1 Å². The highest BCUT2D eigenvalue weighted by Gasteiger charge is 2.11. The van der Waals surface area contributed by atoms with E-state index in [0.717, 1.165) is 39.7 Å². The zero-order valence-electron chi connectivity index (χ0n) is 9.95. The largest absolute Gasteiger partial charge is 0.396 e. The lowest BCUT2D eigenvalue weighted by Gasteiger charge is -2.22. The third kappa shape index (κ3) is 1.73. The van der Waals surface area contributed by atoms with Crippen LogP contribution >= 0.6 is 11.3 Å². The third-order valence-corrected chi connectivity index (χ3v) is 3.80. The van der Waals surface area contributed by atoms with Gasteiger partial charge in [-0.3, -0.25) is 0 Å². The lowest BCUT2D eigenvalue weighted by Crippen LogP contribution is -2.22. The van der Waals surface area contributed by atoms with Gasteiger partial charge in [0.1, 0.15) is 0 Å². The van der Waals surface area contributed by atoms with Gasteiger partial charge in [-0.1, -0.05) is 0 Å². The van der Waals surface area contributed by atoms with Crippen LogP contribution < -0.4 is 10.6 Å². The molecule has 1 aromatic heterocycles. The molecule has 1 aromatic carbocycles. The van der Waals surface area contributed by atoms with Gasteiger partial charge in [-0.15, -0.1) is 11.3 Å². The summed E-state index contributed by atoms with van der Waals surface area (Å²) in [5.41, 5.74) is 9.22. The Morgan fingerprint density at radius 2 is 2.00 bits per heavy atom. The Kier molecular flexibility index (Phi) is 3.01. The van der Waals surface area contributed by atoms with Crippen LogP contribution in [0.25, 0.3) is 10.2 Å². The fraction of sp³-hybridized carbons (Fsp3) is 0.417. The van der Waals surface area contributed by atoms with E-state index in [1.807, 2.05) is 6.92 Å². The number of aryl methyl sites for hydroxylation is 1. The maximum atomic E-state index is 6.21. The summed E-state index contributed by atoms with van der Waals surface area (Å²) in [5.74, 6) is 0. The van der Waals surface area contributed by atoms with Gasteiger partial charge in [-0.2, -0.15) is 0 Å². The molecule has 0 amide bonds. The van der Waals surface area contributed by atoms with Crippen LogP contribution in [0.1, 0.15) is 18.9 Å². The van der Waals surface area contributed by atoms with Crippen molar-refractivity contribution in [1.82, 2.24) is 4.98 Å². The van der Waals surface area contributed by atoms with E-state index in [0.29, 0.717) is 0 Å². The fourth-order valence-electron chi connectivity index (χ4n) is 1.95. The second-order valence-corrected chi connectivity index (χ2v) is 4.95. The summed E-state index contributed by atoms with van der Waals surface area (Å²) in [4.78, 5) is 6.71. The number of thiazole rings is 1. The molecule has 2 rings (SSSR count). The summed E-state index contributed by atoms with van der Waals surface area (Å²) in [7, 11) is 0. The van der Waals surface area contributed by atoms with E-state index in [-0.39, 0.29) is 0 Å². The number of rotatable bonds is 3. The smallest absolute Gasteiger partial charge is 0.0908 e. The van der Waals surface area contributed by atoms with Crippen molar-refractivity contribution in [3.05, 3.63) is 17.1 Å². The number of nitrogens with zero attached hydrogens (tertiary/aromatic N) is 2. The van der Waals surface area contributed by atoms with E-state index < -0.39 is 0 Å². The minimum Gasteiger partial charge on any atom is -0.396 e. The molecule has 0 fully saturated rings. The van der Waals surface area contributed by atoms with E-state index in [1.54, 1.807) is 11.3 Å². The summed E-state index contributed by atoms with van der Waals surface area (Å²) in [6.07, 6.45) is 0. The monoisotopic (exact) mass is 235 g/mol. The Balaban J connectivity index is 2.59. The van der Waals surface area contributed by atoms with Crippen molar-refractivity contribution in [1.29, 1.82) is 0 Å². The molecule has 0 aliphatic heterocycles. The molecule has 2 aromatic rings. The number of benzene rings is 1. The van der Waals surface area contributed by atoms with Gasteiger partial charge >= 0.3 is 0 Å². The average molecular weight is 235 g/mol. The van der Waals surface area contributed by atoms with Crippen LogP contribution in [0.2, 0.25) is 0 Å². The number of hydrogen-bond donors (Lipinski definition) is 1. The molecule has 16 heavy (non-hydrogen) atoms. The zero-order chi connectivity index (χ0) is 11.7. The lowest BCUT2D eigenvalue weighted by atomic mass is 10.2. The number of nitrogen functional groups attached to an aromatic ring is 1. The quantitative estimate of drug-likeness (QED) is 0.831. The van der Waals surface area contributed by atoms with Gasteiger partial charge in [0.25, 0.3) is 0 Å². The Bertz CT molecular complexity index is 500. The Morgan fingerprint density at radius 3 is 2.62 bits per heavy atom. The topological polar surface area (TPSA) is 42.2 Å². The van der Waals surface area contributed by atoms with Crippen LogP contribution in [0.3, 0.4) is 0 Å². The molecule has 3 nitrogen and oxygen atoms in total. The predicted molar refractivity (Wildman–Crippen MR) is 72.3 cm³/mol. The Morgan fingerprint density at radius 1 is 1.31 bits per heavy atom. The molecule has 0 aliphatic carbocycles. The highest BCUT2D eigenvalue weighted by molar-refractivity contribution is 7.19. The first-order chi connectivity index (χ1) is 7.67. The van der Waals surface area contributed by atoms with Crippen molar-refractivity contribution in [2.75, 3.05) is 23.7 Å². The van der Waals surface area contributed by atoms with Crippen molar-refractivity contribution in [2.45, 2.75) is 20.8 Å². The van der Waals surface area contributed by atoms with E-state index in [4.69, 9.17) is 5.73 Å². The Hall–Kier alpha value is -1.29. The van der Waals surface area contributed by atoms with Crippen LogP contribution in [0, 0.1) is 6.92 Å². The molecular weight excluding hydrogens is 218 g/mol. The van der Waals surface area contributed by atoms with Gasteiger partial charge in [0.15, 0.2) is 0 Å². The van der Waals surface area contributed by atoms with Gasteiger partial charge in [-0.25, -0.2) is 4.98 Å². The van der Waals surface area contributed by atoms with E-state index in [9.17, 15) is 0 Å². The summed E-state index contributed by atoms with van der Waals surface area (Å²) in [5, 5.41) is 1.07. The summed E-state index contributed by atoms with van der Waals surface area (Å²) in [6.45, 7) is 8.26. The molecule has 0 aliphatic rings. The highest BCUT2D eigenvalue weighted by atomic mass is 32.1. The lowest BCUT2D eigenvalue weighted by molar-refractivity contribution is 0.868. The van der Waals surface area contributed by atoms with Gasteiger partial charge in [0.2, 0.25) is 0 Å². The van der Waals surface area contributed by atoms with Gasteiger partial charge in [0, 0.05) is 13.1 Å². The van der Waals surface area contributed by atoms with Crippen LogP contribution in [-0.4, -0.2) is 18.1 Å². The summed E-state index contributed by atoms with van der Waals surface area (Å²) >= 11 is 1.67. The molecule has 86 valence electrons. The molecule has 0 radical (unpaired) electrons. The maximum Gasteiger partial charge on any atom is 0.0908 e. The first-order valence-electron chi connectivity index (χ1n) is 5.58. The number of anilines is 2. The van der Waals surface area contributed by atoms with Gasteiger partial charge < -0.3 is 10.6 Å². The minimum absolute atomic E-state index is 0.867. The average Bonchev–Trinajstić information content (AvgIpc) is 2.65. The van der Waals surface area contributed by atoms with Gasteiger partial charge in [0.05, 0.1) is 26.6 Å². The number of nitrogens with two attached hydrogens (primary N) is 1. The molecule has 0 unspecified atom stereocenters. The van der Waals surface area contributed by atoms with Crippen LogP contribution in [0.4, 0.5) is 11.4 Å². The summed E-state index contributed by atoms with van der Waals surface area (Å²) in [6, 6.07) is 4.13. The SMILES string of the molecule is CCN(CC)c1ccc2nc(C)sc2c1N. The first-order valence-corrected chi connectivity index (χ1v) is 6.39. The molecule has 0 spiro atoms. The van der Waals surface area contributed by atoms with Crippen LogP contribution in [-0.2, 0) is 0 Å². The maximum absolute atomic E-state index is 6.21. The van der Waals surface area contributed by atoms with Crippen LogP contribution in [0.5, 0.6) is 0 Å². The molecule has 0 bridgehead atoms. The van der Waals surface area contributed by atoms with Crippen molar-refractivity contribution < 1.29 is 0 Å². The summed E-state index contributed by atoms with van der Waals surface area (Å²) < 4.78 is 1.11. The normalized spacial score (nSPS) is 10.9.